The van der Waals surface area contributed by atoms with Gasteiger partial charge in [0.25, 0.3) is 5.69 Å². The van der Waals surface area contributed by atoms with Crippen LogP contribution in [0.2, 0.25) is 0 Å². The minimum Gasteiger partial charge on any atom is -0.338 e. The van der Waals surface area contributed by atoms with E-state index in [0.717, 1.165) is 19.3 Å². The fourth-order valence-corrected chi connectivity index (χ4v) is 3.00. The number of amides is 3. The Hall–Kier alpha value is -2.64. The van der Waals surface area contributed by atoms with Crippen molar-refractivity contribution in [1.29, 1.82) is 0 Å². The summed E-state index contributed by atoms with van der Waals surface area (Å²) in [4.78, 5) is 36.8. The highest BCUT2D eigenvalue weighted by molar-refractivity contribution is 5.87. The lowest BCUT2D eigenvalue weighted by molar-refractivity contribution is -0.385. The molecule has 1 aliphatic rings. The Labute approximate surface area is 146 Å². The fraction of sp³-hybridized carbons (Fsp3) is 0.529. The van der Waals surface area contributed by atoms with E-state index >= 15 is 0 Å². The monoisotopic (exact) mass is 348 g/mol. The number of para-hydroxylation sites is 1. The second-order valence-corrected chi connectivity index (χ2v) is 6.31. The number of piperidine rings is 1. The lowest BCUT2D eigenvalue weighted by Gasteiger charge is -2.35. The molecule has 1 aromatic carbocycles. The third kappa shape index (κ3) is 4.91. The maximum atomic E-state index is 12.5. The molecule has 2 rings (SSSR count). The average molecular weight is 348 g/mol. The SMILES string of the molecule is CC(NC(=O)NCc1ccccc1[N+](=O)[O-])C(=O)N1CCCCC1C. The van der Waals surface area contributed by atoms with Crippen LogP contribution in [0, 0.1) is 10.1 Å². The summed E-state index contributed by atoms with van der Waals surface area (Å²) in [5, 5.41) is 16.1. The Morgan fingerprint density at radius 3 is 2.76 bits per heavy atom. The quantitative estimate of drug-likeness (QED) is 0.628. The largest absolute Gasteiger partial charge is 0.338 e. The molecule has 8 nitrogen and oxygen atoms in total. The van der Waals surface area contributed by atoms with Gasteiger partial charge in [0.15, 0.2) is 0 Å². The van der Waals surface area contributed by atoms with E-state index in [0.29, 0.717) is 12.1 Å². The maximum absolute atomic E-state index is 12.5. The molecule has 2 atom stereocenters. The topological polar surface area (TPSA) is 105 Å². The second kappa shape index (κ2) is 8.46. The number of likely N-dealkylation sites (tertiary alicyclic amines) is 1. The van der Waals surface area contributed by atoms with Crippen molar-refractivity contribution in [2.24, 2.45) is 0 Å². The maximum Gasteiger partial charge on any atom is 0.315 e. The van der Waals surface area contributed by atoms with Gasteiger partial charge in [-0.25, -0.2) is 4.79 Å². The van der Waals surface area contributed by atoms with Crippen molar-refractivity contribution in [1.82, 2.24) is 15.5 Å². The summed E-state index contributed by atoms with van der Waals surface area (Å²) >= 11 is 0. The van der Waals surface area contributed by atoms with Crippen LogP contribution in [0.5, 0.6) is 0 Å². The number of urea groups is 1. The highest BCUT2D eigenvalue weighted by atomic mass is 16.6. The van der Waals surface area contributed by atoms with Crippen LogP contribution in [0.15, 0.2) is 24.3 Å². The minimum atomic E-state index is -0.647. The molecule has 0 saturated carbocycles. The van der Waals surface area contributed by atoms with Gasteiger partial charge in [-0.1, -0.05) is 18.2 Å². The number of nitro groups is 1. The minimum absolute atomic E-state index is 0.0179. The van der Waals surface area contributed by atoms with Gasteiger partial charge in [-0.2, -0.15) is 0 Å². The van der Waals surface area contributed by atoms with Crippen molar-refractivity contribution in [2.45, 2.75) is 51.7 Å². The molecule has 1 aliphatic heterocycles. The van der Waals surface area contributed by atoms with Gasteiger partial charge >= 0.3 is 6.03 Å². The second-order valence-electron chi connectivity index (χ2n) is 6.31. The van der Waals surface area contributed by atoms with Gasteiger partial charge < -0.3 is 15.5 Å². The highest BCUT2D eigenvalue weighted by Gasteiger charge is 2.27. The number of benzene rings is 1. The van der Waals surface area contributed by atoms with E-state index in [9.17, 15) is 19.7 Å². The van der Waals surface area contributed by atoms with Gasteiger partial charge in [-0.3, -0.25) is 14.9 Å². The van der Waals surface area contributed by atoms with Crippen molar-refractivity contribution >= 4 is 17.6 Å². The average Bonchev–Trinajstić information content (AvgIpc) is 2.60. The Balaban J connectivity index is 1.87. The molecule has 8 heteroatoms. The van der Waals surface area contributed by atoms with Crippen LogP contribution in [0.4, 0.5) is 10.5 Å². The van der Waals surface area contributed by atoms with E-state index in [4.69, 9.17) is 0 Å². The lowest BCUT2D eigenvalue weighted by atomic mass is 10.0. The normalized spacial score (nSPS) is 18.3. The van der Waals surface area contributed by atoms with Gasteiger partial charge in [0, 0.05) is 24.2 Å². The van der Waals surface area contributed by atoms with E-state index in [1.807, 2.05) is 6.92 Å². The van der Waals surface area contributed by atoms with Crippen molar-refractivity contribution in [3.05, 3.63) is 39.9 Å². The highest BCUT2D eigenvalue weighted by Crippen LogP contribution is 2.18. The summed E-state index contributed by atoms with van der Waals surface area (Å²) in [6.45, 7) is 4.39. The predicted molar refractivity (Wildman–Crippen MR) is 93.0 cm³/mol. The van der Waals surface area contributed by atoms with Gasteiger partial charge in [0.05, 0.1) is 11.5 Å². The molecule has 25 heavy (non-hydrogen) atoms. The summed E-state index contributed by atoms with van der Waals surface area (Å²) in [5.74, 6) is -0.104. The van der Waals surface area contributed by atoms with Crippen LogP contribution >= 0.6 is 0 Å². The van der Waals surface area contributed by atoms with E-state index in [2.05, 4.69) is 10.6 Å². The Morgan fingerprint density at radius 1 is 1.36 bits per heavy atom. The number of hydrogen-bond acceptors (Lipinski definition) is 4. The fourth-order valence-electron chi connectivity index (χ4n) is 3.00. The zero-order chi connectivity index (χ0) is 18.4. The molecule has 2 N–H and O–H groups in total. The molecule has 0 spiro atoms. The molecule has 0 radical (unpaired) electrons. The van der Waals surface area contributed by atoms with E-state index in [-0.39, 0.29) is 24.2 Å². The molecule has 0 aromatic heterocycles. The standard InChI is InChI=1S/C17H24N4O4/c1-12-7-5-6-10-20(12)16(22)13(2)19-17(23)18-11-14-8-3-4-9-15(14)21(24)25/h3-4,8-9,12-13H,5-7,10-11H2,1-2H3,(H2,18,19,23). The van der Waals surface area contributed by atoms with Crippen LogP contribution in [0.25, 0.3) is 0 Å². The molecule has 1 heterocycles. The first-order valence-corrected chi connectivity index (χ1v) is 8.47. The van der Waals surface area contributed by atoms with Crippen LogP contribution in [0.3, 0.4) is 0 Å². The Kier molecular flexibility index (Phi) is 6.32. The number of nitrogens with zero attached hydrogens (tertiary/aromatic N) is 2. The van der Waals surface area contributed by atoms with Crippen molar-refractivity contribution in [3.63, 3.8) is 0 Å². The summed E-state index contributed by atoms with van der Waals surface area (Å²) < 4.78 is 0. The van der Waals surface area contributed by atoms with Crippen LogP contribution in [-0.4, -0.2) is 40.4 Å². The smallest absolute Gasteiger partial charge is 0.315 e. The van der Waals surface area contributed by atoms with Gasteiger partial charge in [-0.15, -0.1) is 0 Å². The third-order valence-electron chi connectivity index (χ3n) is 4.43. The molecule has 1 saturated heterocycles. The van der Waals surface area contributed by atoms with Gasteiger partial charge in [0.1, 0.15) is 6.04 Å². The van der Waals surface area contributed by atoms with Crippen LogP contribution in [-0.2, 0) is 11.3 Å². The first-order chi connectivity index (χ1) is 11.9. The summed E-state index contributed by atoms with van der Waals surface area (Å²) in [6, 6.07) is 5.23. The molecule has 0 bridgehead atoms. The molecular formula is C17H24N4O4. The summed E-state index contributed by atoms with van der Waals surface area (Å²) in [6.07, 6.45) is 3.07. The molecule has 1 fully saturated rings. The first-order valence-electron chi connectivity index (χ1n) is 8.47. The van der Waals surface area contributed by atoms with Crippen LogP contribution < -0.4 is 10.6 Å². The van der Waals surface area contributed by atoms with Gasteiger partial charge in [0.2, 0.25) is 5.91 Å². The van der Waals surface area contributed by atoms with E-state index in [1.54, 1.807) is 30.0 Å². The van der Waals surface area contributed by atoms with Crippen molar-refractivity contribution < 1.29 is 14.5 Å². The summed E-state index contributed by atoms with van der Waals surface area (Å²) in [7, 11) is 0. The van der Waals surface area contributed by atoms with Crippen molar-refractivity contribution in [2.75, 3.05) is 6.54 Å². The number of nitrogens with one attached hydrogen (secondary N) is 2. The van der Waals surface area contributed by atoms with Crippen molar-refractivity contribution in [3.8, 4) is 0 Å². The molecular weight excluding hydrogens is 324 g/mol. The van der Waals surface area contributed by atoms with E-state index < -0.39 is 17.0 Å². The number of hydrogen-bond donors (Lipinski definition) is 2. The molecule has 136 valence electrons. The Morgan fingerprint density at radius 2 is 2.08 bits per heavy atom. The predicted octanol–water partition coefficient (Wildman–Crippen LogP) is 2.18. The summed E-state index contributed by atoms with van der Waals surface area (Å²) in [5.41, 5.74) is 0.361. The van der Waals surface area contributed by atoms with Gasteiger partial charge in [-0.05, 0) is 33.1 Å². The zero-order valence-corrected chi connectivity index (χ0v) is 14.5. The third-order valence-corrected chi connectivity index (χ3v) is 4.43. The molecule has 2 unspecified atom stereocenters. The number of carbonyl (C=O) groups is 2. The Bertz CT molecular complexity index is 649. The van der Waals surface area contributed by atoms with E-state index in [1.165, 1.54) is 6.07 Å². The number of nitro benzene ring substituents is 1. The zero-order valence-electron chi connectivity index (χ0n) is 14.5. The number of carbonyl (C=O) groups excluding carboxylic acids is 2. The molecule has 1 aromatic rings. The van der Waals surface area contributed by atoms with Crippen LogP contribution in [0.1, 0.15) is 38.7 Å². The first kappa shape index (κ1) is 18.7. The molecule has 3 amide bonds. The number of rotatable bonds is 5. The lowest BCUT2D eigenvalue weighted by Crippen LogP contribution is -2.53. The molecule has 0 aliphatic carbocycles.